The summed E-state index contributed by atoms with van der Waals surface area (Å²) in [6.07, 6.45) is 7.92. The molecule has 1 aliphatic carbocycles. The first-order valence-corrected chi connectivity index (χ1v) is 13.0. The van der Waals surface area contributed by atoms with Crippen molar-refractivity contribution in [2.24, 2.45) is 5.16 Å². The molecule has 0 spiro atoms. The fraction of sp³-hybridized carbons (Fsp3) is 0.267. The van der Waals surface area contributed by atoms with Crippen LogP contribution in [0, 0.1) is 0 Å². The highest BCUT2D eigenvalue weighted by Gasteiger charge is 2.28. The minimum absolute atomic E-state index is 0.137. The Balaban J connectivity index is 1.28. The SMILES string of the molecule is O=C(O)N1CCC(n2ncc(-c3ccc4c(c3)CCC4=NOCc3ccccc3)c2-c2ccncc2)CC1. The van der Waals surface area contributed by atoms with Crippen LogP contribution in [0.2, 0.25) is 0 Å². The predicted molar refractivity (Wildman–Crippen MR) is 145 cm³/mol. The van der Waals surface area contributed by atoms with Crippen molar-refractivity contribution >= 4 is 11.8 Å². The van der Waals surface area contributed by atoms with Crippen LogP contribution in [0.1, 0.15) is 42.0 Å². The van der Waals surface area contributed by atoms with Crippen LogP contribution in [0.5, 0.6) is 0 Å². The van der Waals surface area contributed by atoms with Gasteiger partial charge in [-0.3, -0.25) is 9.67 Å². The molecule has 2 aromatic heterocycles. The minimum atomic E-state index is -0.856. The first kappa shape index (κ1) is 23.9. The summed E-state index contributed by atoms with van der Waals surface area (Å²) in [5, 5.41) is 18.6. The van der Waals surface area contributed by atoms with Crippen molar-refractivity contribution < 1.29 is 14.7 Å². The van der Waals surface area contributed by atoms with Crippen LogP contribution in [0.3, 0.4) is 0 Å². The number of hydrogen-bond donors (Lipinski definition) is 1. The number of carbonyl (C=O) groups is 1. The Bertz CT molecular complexity index is 1460. The Labute approximate surface area is 221 Å². The third kappa shape index (κ3) is 4.77. The van der Waals surface area contributed by atoms with Gasteiger partial charge in [-0.15, -0.1) is 0 Å². The van der Waals surface area contributed by atoms with E-state index in [-0.39, 0.29) is 6.04 Å². The molecule has 1 saturated heterocycles. The topological polar surface area (TPSA) is 92.8 Å². The van der Waals surface area contributed by atoms with Crippen molar-refractivity contribution in [1.29, 1.82) is 0 Å². The number of aromatic nitrogens is 3. The molecule has 192 valence electrons. The summed E-state index contributed by atoms with van der Waals surface area (Å²) < 4.78 is 2.08. The third-order valence-electron chi connectivity index (χ3n) is 7.44. The summed E-state index contributed by atoms with van der Waals surface area (Å²) in [4.78, 5) is 22.8. The molecule has 2 aliphatic rings. The van der Waals surface area contributed by atoms with Gasteiger partial charge in [0.2, 0.25) is 0 Å². The number of piperidine rings is 1. The lowest BCUT2D eigenvalue weighted by Gasteiger charge is -2.31. The zero-order chi connectivity index (χ0) is 25.9. The predicted octanol–water partition coefficient (Wildman–Crippen LogP) is 5.79. The average molecular weight is 508 g/mol. The summed E-state index contributed by atoms with van der Waals surface area (Å²) in [5.74, 6) is 0. The van der Waals surface area contributed by atoms with Crippen molar-refractivity contribution in [2.45, 2.75) is 38.3 Å². The van der Waals surface area contributed by atoms with Gasteiger partial charge in [-0.2, -0.15) is 5.10 Å². The lowest BCUT2D eigenvalue weighted by Crippen LogP contribution is -2.38. The summed E-state index contributed by atoms with van der Waals surface area (Å²) in [6.45, 7) is 1.48. The zero-order valence-corrected chi connectivity index (χ0v) is 21.0. The highest BCUT2D eigenvalue weighted by Crippen LogP contribution is 2.38. The molecule has 6 rings (SSSR count). The van der Waals surface area contributed by atoms with E-state index in [0.29, 0.717) is 19.7 Å². The van der Waals surface area contributed by atoms with Gasteiger partial charge >= 0.3 is 6.09 Å². The molecule has 1 amide bonds. The van der Waals surface area contributed by atoms with E-state index in [0.717, 1.165) is 64.9 Å². The van der Waals surface area contributed by atoms with Crippen LogP contribution in [0.25, 0.3) is 22.4 Å². The molecule has 8 nitrogen and oxygen atoms in total. The van der Waals surface area contributed by atoms with Gasteiger partial charge in [0.1, 0.15) is 6.61 Å². The lowest BCUT2D eigenvalue weighted by atomic mass is 9.97. The monoisotopic (exact) mass is 507 g/mol. The Morgan fingerprint density at radius 3 is 2.53 bits per heavy atom. The molecular weight excluding hydrogens is 478 g/mol. The van der Waals surface area contributed by atoms with Crippen LogP contribution < -0.4 is 0 Å². The maximum Gasteiger partial charge on any atom is 0.407 e. The highest BCUT2D eigenvalue weighted by atomic mass is 16.6. The van der Waals surface area contributed by atoms with Crippen LogP contribution >= 0.6 is 0 Å². The Kier molecular flexibility index (Phi) is 6.60. The van der Waals surface area contributed by atoms with E-state index < -0.39 is 6.09 Å². The summed E-state index contributed by atoms with van der Waals surface area (Å²) in [5.41, 5.74) is 8.73. The summed E-state index contributed by atoms with van der Waals surface area (Å²) in [7, 11) is 0. The van der Waals surface area contributed by atoms with E-state index in [9.17, 15) is 9.90 Å². The summed E-state index contributed by atoms with van der Waals surface area (Å²) >= 11 is 0. The van der Waals surface area contributed by atoms with Gasteiger partial charge < -0.3 is 14.8 Å². The molecule has 1 aliphatic heterocycles. The summed E-state index contributed by atoms with van der Waals surface area (Å²) in [6, 6.07) is 20.7. The largest absolute Gasteiger partial charge is 0.465 e. The van der Waals surface area contributed by atoms with Crippen LogP contribution in [-0.4, -0.2) is 49.7 Å². The van der Waals surface area contributed by atoms with Gasteiger partial charge in [-0.1, -0.05) is 53.7 Å². The first-order valence-electron chi connectivity index (χ1n) is 13.0. The Morgan fingerprint density at radius 2 is 1.76 bits per heavy atom. The van der Waals surface area contributed by atoms with E-state index in [2.05, 4.69) is 33.0 Å². The second kappa shape index (κ2) is 10.5. The minimum Gasteiger partial charge on any atom is -0.465 e. The number of likely N-dealkylation sites (tertiary alicyclic amines) is 1. The average Bonchev–Trinajstić information content (AvgIpc) is 3.58. The van der Waals surface area contributed by atoms with Gasteiger partial charge in [-0.05, 0) is 54.5 Å². The van der Waals surface area contributed by atoms with Crippen molar-refractivity contribution in [3.8, 4) is 22.4 Å². The fourth-order valence-electron chi connectivity index (χ4n) is 5.44. The second-order valence-corrected chi connectivity index (χ2v) is 9.76. The first-order chi connectivity index (χ1) is 18.7. The highest BCUT2D eigenvalue weighted by molar-refractivity contribution is 6.04. The number of carboxylic acid groups (broad SMARTS) is 1. The molecule has 3 heterocycles. The molecule has 0 bridgehead atoms. The molecule has 1 fully saturated rings. The number of aryl methyl sites for hydroxylation is 1. The molecule has 0 atom stereocenters. The molecule has 1 N–H and O–H groups in total. The van der Waals surface area contributed by atoms with Gasteiger partial charge in [0, 0.05) is 42.2 Å². The third-order valence-corrected chi connectivity index (χ3v) is 7.44. The van der Waals surface area contributed by atoms with E-state index >= 15 is 0 Å². The normalized spacial score (nSPS) is 16.5. The van der Waals surface area contributed by atoms with Crippen molar-refractivity contribution in [3.05, 3.63) is 95.9 Å². The molecule has 0 unspecified atom stereocenters. The number of fused-ring (bicyclic) bond motifs is 1. The van der Waals surface area contributed by atoms with Gasteiger partial charge in [0.25, 0.3) is 0 Å². The van der Waals surface area contributed by atoms with Crippen LogP contribution in [0.4, 0.5) is 4.79 Å². The van der Waals surface area contributed by atoms with Crippen LogP contribution in [0.15, 0.2) is 84.4 Å². The number of hydrogen-bond acceptors (Lipinski definition) is 5. The maximum absolute atomic E-state index is 11.4. The Morgan fingerprint density at radius 1 is 0.974 bits per heavy atom. The zero-order valence-electron chi connectivity index (χ0n) is 21.0. The molecule has 2 aromatic carbocycles. The van der Waals surface area contributed by atoms with Crippen LogP contribution in [-0.2, 0) is 17.9 Å². The standard InChI is InChI=1S/C30H29N5O3/c36-30(37)34-16-12-25(13-17-34)35-29(22-10-14-31-15-11-22)27(19-32-35)24-6-8-26-23(18-24)7-9-28(26)33-38-20-21-4-2-1-3-5-21/h1-6,8,10-11,14-15,18-19,25H,7,9,12-13,16-17,20H2,(H,36,37). The number of oxime groups is 1. The van der Waals surface area contributed by atoms with E-state index in [4.69, 9.17) is 9.94 Å². The van der Waals surface area contributed by atoms with Crippen molar-refractivity contribution in [1.82, 2.24) is 19.7 Å². The Hall–Kier alpha value is -4.46. The fourth-order valence-corrected chi connectivity index (χ4v) is 5.44. The molecule has 0 radical (unpaired) electrons. The van der Waals surface area contributed by atoms with Gasteiger partial charge in [0.05, 0.1) is 23.6 Å². The van der Waals surface area contributed by atoms with Crippen molar-refractivity contribution in [3.63, 3.8) is 0 Å². The maximum atomic E-state index is 11.4. The molecular formula is C30H29N5O3. The van der Waals surface area contributed by atoms with Crippen molar-refractivity contribution in [2.75, 3.05) is 13.1 Å². The molecule has 38 heavy (non-hydrogen) atoms. The number of benzene rings is 2. The lowest BCUT2D eigenvalue weighted by molar-refractivity contribution is 0.124. The van der Waals surface area contributed by atoms with Gasteiger partial charge in [-0.25, -0.2) is 4.79 Å². The number of amides is 1. The van der Waals surface area contributed by atoms with Gasteiger partial charge in [0.15, 0.2) is 0 Å². The van der Waals surface area contributed by atoms with E-state index in [1.807, 2.05) is 48.7 Å². The van der Waals surface area contributed by atoms with E-state index in [1.54, 1.807) is 12.4 Å². The number of pyridine rings is 1. The molecule has 0 saturated carbocycles. The quantitative estimate of drug-likeness (QED) is 0.333. The van der Waals surface area contributed by atoms with E-state index in [1.165, 1.54) is 10.5 Å². The molecule has 8 heteroatoms. The number of rotatable bonds is 6. The number of nitrogens with zero attached hydrogens (tertiary/aromatic N) is 5. The second-order valence-electron chi connectivity index (χ2n) is 9.76. The molecule has 4 aromatic rings. The smallest absolute Gasteiger partial charge is 0.407 e.